The van der Waals surface area contributed by atoms with Crippen LogP contribution >= 0.6 is 12.6 Å². The second-order valence-electron chi connectivity index (χ2n) is 4.31. The number of carbonyl (C=O) groups excluding carboxylic acids is 1. The smallest absolute Gasteiger partial charge is 0.142 e. The van der Waals surface area contributed by atoms with E-state index < -0.39 is 0 Å². The molecule has 1 saturated carbocycles. The monoisotopic (exact) mass is 253 g/mol. The summed E-state index contributed by atoms with van der Waals surface area (Å²) in [5, 5.41) is 9.18. The van der Waals surface area contributed by atoms with E-state index in [0.29, 0.717) is 0 Å². The van der Waals surface area contributed by atoms with Crippen LogP contribution in [0.4, 0.5) is 0 Å². The van der Waals surface area contributed by atoms with Crippen molar-refractivity contribution in [3.63, 3.8) is 0 Å². The first-order valence-corrected chi connectivity index (χ1v) is 7.13. The summed E-state index contributed by atoms with van der Waals surface area (Å²) >= 11 is 3.53. The van der Waals surface area contributed by atoms with E-state index in [4.69, 9.17) is 0 Å². The van der Waals surface area contributed by atoms with Gasteiger partial charge in [-0.2, -0.15) is 17.9 Å². The number of thiol groups is 1. The molecule has 1 fully saturated rings. The fraction of sp³-hybridized carbons (Fsp3) is 0.714. The van der Waals surface area contributed by atoms with E-state index in [2.05, 4.69) is 32.5 Å². The maximum atomic E-state index is 10.6. The third-order valence-corrected chi connectivity index (χ3v) is 3.76. The van der Waals surface area contributed by atoms with Crippen LogP contribution in [-0.2, 0) is 4.79 Å². The first-order valence-electron chi connectivity index (χ1n) is 6.24. The van der Waals surface area contributed by atoms with Crippen molar-refractivity contribution in [1.29, 1.82) is 5.26 Å². The van der Waals surface area contributed by atoms with E-state index in [1.807, 2.05) is 0 Å². The second-order valence-corrected chi connectivity index (χ2v) is 4.31. The number of carbonyl (C=O) groups is 1. The molecule has 2 unspecified atom stereocenters. The van der Waals surface area contributed by atoms with Gasteiger partial charge in [0.2, 0.25) is 0 Å². The molecule has 0 aromatic rings. The maximum Gasteiger partial charge on any atom is 0.142 e. The van der Waals surface area contributed by atoms with Gasteiger partial charge in [-0.25, -0.2) is 0 Å². The molecule has 0 spiro atoms. The molecule has 96 valence electrons. The summed E-state index contributed by atoms with van der Waals surface area (Å²) in [4.78, 5) is 10.6. The van der Waals surface area contributed by atoms with E-state index in [9.17, 15) is 10.1 Å². The van der Waals surface area contributed by atoms with Crippen LogP contribution in [-0.4, -0.2) is 12.5 Å². The highest BCUT2D eigenvalue weighted by atomic mass is 32.1. The minimum absolute atomic E-state index is 0.00951. The zero-order valence-electron chi connectivity index (χ0n) is 11.1. The van der Waals surface area contributed by atoms with Crippen LogP contribution in [0.3, 0.4) is 0 Å². The quantitative estimate of drug-likeness (QED) is 0.470. The Kier molecular flexibility index (Phi) is 7.99. The van der Waals surface area contributed by atoms with Crippen molar-refractivity contribution in [3.8, 4) is 6.07 Å². The zero-order valence-corrected chi connectivity index (χ0v) is 12.0. The molecule has 0 radical (unpaired) electrons. The molecule has 1 aliphatic carbocycles. The zero-order chi connectivity index (χ0) is 13.3. The topological polar surface area (TPSA) is 40.9 Å². The maximum absolute atomic E-state index is 10.6. The van der Waals surface area contributed by atoms with Crippen LogP contribution in [0.15, 0.2) is 11.6 Å². The summed E-state index contributed by atoms with van der Waals surface area (Å²) in [7, 11) is 0. The van der Waals surface area contributed by atoms with Crippen LogP contribution in [0.25, 0.3) is 0 Å². The Bertz CT molecular complexity index is 306. The largest absolute Gasteiger partial charge is 0.299 e. The standard InChI is InChI=1S/C13H19NO.CH4S/c1-3-8-13(4-2)11(7-9-15)5-6-12(13)10-14;1-2/h7,9,12H,3-6,8H2,1-2H3;2H,1H3/b11-7-;. The number of allylic oxidation sites excluding steroid dienone is 2. The Morgan fingerprint density at radius 2 is 2.18 bits per heavy atom. The van der Waals surface area contributed by atoms with Gasteiger partial charge in [-0.3, -0.25) is 4.79 Å². The van der Waals surface area contributed by atoms with Crippen LogP contribution in [0.2, 0.25) is 0 Å². The molecule has 0 saturated heterocycles. The molecular weight excluding hydrogens is 230 g/mol. The van der Waals surface area contributed by atoms with Gasteiger partial charge in [0.25, 0.3) is 0 Å². The van der Waals surface area contributed by atoms with Gasteiger partial charge in [0, 0.05) is 5.41 Å². The summed E-state index contributed by atoms with van der Waals surface area (Å²) in [5.41, 5.74) is 1.19. The molecule has 3 heteroatoms. The summed E-state index contributed by atoms with van der Waals surface area (Å²) in [6.07, 6.45) is 9.17. The third-order valence-electron chi connectivity index (χ3n) is 3.76. The SMILES string of the molecule is CCCC1(CC)/C(=C\C=O)CCC1C#N.CS. The molecule has 0 aromatic carbocycles. The minimum atomic E-state index is -0.00951. The van der Waals surface area contributed by atoms with Gasteiger partial charge in [0.1, 0.15) is 6.29 Å². The highest BCUT2D eigenvalue weighted by Gasteiger charge is 2.44. The molecule has 0 aliphatic heterocycles. The van der Waals surface area contributed by atoms with Crippen LogP contribution < -0.4 is 0 Å². The van der Waals surface area contributed by atoms with Gasteiger partial charge in [-0.1, -0.05) is 25.8 Å². The number of nitriles is 1. The number of nitrogens with zero attached hydrogens (tertiary/aromatic N) is 1. The highest BCUT2D eigenvalue weighted by molar-refractivity contribution is 7.79. The molecule has 1 rings (SSSR count). The van der Waals surface area contributed by atoms with E-state index in [0.717, 1.165) is 38.4 Å². The average Bonchev–Trinajstić information content (AvgIpc) is 2.71. The molecule has 0 amide bonds. The second kappa shape index (κ2) is 8.36. The molecule has 0 N–H and O–H groups in total. The normalized spacial score (nSPS) is 29.4. The van der Waals surface area contributed by atoms with Crippen molar-refractivity contribution in [2.45, 2.75) is 46.0 Å². The Morgan fingerprint density at radius 3 is 2.59 bits per heavy atom. The lowest BCUT2D eigenvalue weighted by Gasteiger charge is -2.32. The first-order chi connectivity index (χ1) is 8.25. The predicted molar refractivity (Wildman–Crippen MR) is 75.0 cm³/mol. The average molecular weight is 253 g/mol. The Hall–Kier alpha value is -0.750. The lowest BCUT2D eigenvalue weighted by Crippen LogP contribution is -2.25. The fourth-order valence-corrected chi connectivity index (χ4v) is 3.00. The summed E-state index contributed by atoms with van der Waals surface area (Å²) in [5.74, 6) is 0.105. The van der Waals surface area contributed by atoms with Crippen LogP contribution in [0.5, 0.6) is 0 Å². The lowest BCUT2D eigenvalue weighted by atomic mass is 9.70. The van der Waals surface area contributed by atoms with Gasteiger partial charge >= 0.3 is 0 Å². The summed E-state index contributed by atoms with van der Waals surface area (Å²) in [6, 6.07) is 2.42. The lowest BCUT2D eigenvalue weighted by molar-refractivity contribution is -0.104. The van der Waals surface area contributed by atoms with E-state index in [-0.39, 0.29) is 11.3 Å². The van der Waals surface area contributed by atoms with Crippen molar-refractivity contribution in [2.75, 3.05) is 6.26 Å². The first kappa shape index (κ1) is 16.2. The van der Waals surface area contributed by atoms with Crippen LogP contribution in [0, 0.1) is 22.7 Å². The molecule has 0 heterocycles. The molecule has 17 heavy (non-hydrogen) atoms. The predicted octanol–water partition coefficient (Wildman–Crippen LogP) is 3.79. The van der Waals surface area contributed by atoms with Crippen molar-refractivity contribution >= 4 is 18.9 Å². The third kappa shape index (κ3) is 3.35. The van der Waals surface area contributed by atoms with E-state index in [1.54, 1.807) is 12.3 Å². The summed E-state index contributed by atoms with van der Waals surface area (Å²) < 4.78 is 0. The Morgan fingerprint density at radius 1 is 1.53 bits per heavy atom. The van der Waals surface area contributed by atoms with Crippen molar-refractivity contribution in [2.24, 2.45) is 11.3 Å². The van der Waals surface area contributed by atoms with Crippen LogP contribution in [0.1, 0.15) is 46.0 Å². The fourth-order valence-electron chi connectivity index (χ4n) is 3.00. The molecule has 0 bridgehead atoms. The Balaban J connectivity index is 0.00000121. The number of rotatable bonds is 4. The van der Waals surface area contributed by atoms with Crippen molar-refractivity contribution in [3.05, 3.63) is 11.6 Å². The van der Waals surface area contributed by atoms with Gasteiger partial charge in [0.05, 0.1) is 12.0 Å². The van der Waals surface area contributed by atoms with Gasteiger partial charge in [0.15, 0.2) is 0 Å². The Labute approximate surface area is 111 Å². The molecule has 1 aliphatic rings. The highest BCUT2D eigenvalue weighted by Crippen LogP contribution is 2.52. The summed E-state index contributed by atoms with van der Waals surface area (Å²) in [6.45, 7) is 4.27. The van der Waals surface area contributed by atoms with E-state index in [1.165, 1.54) is 5.57 Å². The number of hydrogen-bond donors (Lipinski definition) is 1. The molecular formula is C14H23NOS. The number of hydrogen-bond acceptors (Lipinski definition) is 3. The molecule has 2 atom stereocenters. The van der Waals surface area contributed by atoms with E-state index >= 15 is 0 Å². The van der Waals surface area contributed by atoms with Crippen molar-refractivity contribution in [1.82, 2.24) is 0 Å². The van der Waals surface area contributed by atoms with Crippen molar-refractivity contribution < 1.29 is 4.79 Å². The van der Waals surface area contributed by atoms with Gasteiger partial charge in [-0.15, -0.1) is 0 Å². The minimum Gasteiger partial charge on any atom is -0.299 e. The van der Waals surface area contributed by atoms with Gasteiger partial charge in [-0.05, 0) is 38.0 Å². The molecule has 2 nitrogen and oxygen atoms in total. The van der Waals surface area contributed by atoms with Gasteiger partial charge < -0.3 is 0 Å². The number of aldehydes is 1. The molecule has 0 aromatic heterocycles.